The molecule has 1 fully saturated rings. The minimum Gasteiger partial charge on any atom is -0.338 e. The SMILES string of the molecule is O=C1CC(c2ccccc2)CN1Cc1ccc(F)cc1. The van der Waals surface area contributed by atoms with Gasteiger partial charge in [0.05, 0.1) is 0 Å². The summed E-state index contributed by atoms with van der Waals surface area (Å²) in [5, 5.41) is 0. The molecule has 1 saturated heterocycles. The lowest BCUT2D eigenvalue weighted by atomic mass is 9.99. The first-order valence-corrected chi connectivity index (χ1v) is 6.79. The predicted octanol–water partition coefficient (Wildman–Crippen LogP) is 3.34. The Balaban J connectivity index is 1.70. The maximum atomic E-state index is 12.9. The van der Waals surface area contributed by atoms with E-state index in [1.807, 2.05) is 23.1 Å². The van der Waals surface area contributed by atoms with Crippen LogP contribution in [-0.2, 0) is 11.3 Å². The lowest BCUT2D eigenvalue weighted by Crippen LogP contribution is -2.24. The first kappa shape index (κ1) is 12.9. The monoisotopic (exact) mass is 269 g/mol. The maximum absolute atomic E-state index is 12.9. The minimum absolute atomic E-state index is 0.170. The van der Waals surface area contributed by atoms with Crippen molar-refractivity contribution in [1.82, 2.24) is 4.90 Å². The molecule has 0 spiro atoms. The standard InChI is InChI=1S/C17H16FNO/c18-16-8-6-13(7-9-16)11-19-12-15(10-17(19)20)14-4-2-1-3-5-14/h1-9,15H,10-12H2. The Kier molecular flexibility index (Phi) is 3.50. The molecule has 1 aliphatic heterocycles. The third-order valence-corrected chi connectivity index (χ3v) is 3.77. The molecule has 0 aliphatic carbocycles. The minimum atomic E-state index is -0.247. The van der Waals surface area contributed by atoms with Gasteiger partial charge in [-0.2, -0.15) is 0 Å². The van der Waals surface area contributed by atoms with Crippen LogP contribution in [0.25, 0.3) is 0 Å². The molecule has 0 radical (unpaired) electrons. The summed E-state index contributed by atoms with van der Waals surface area (Å²) >= 11 is 0. The predicted molar refractivity (Wildman–Crippen MR) is 75.6 cm³/mol. The first-order valence-electron chi connectivity index (χ1n) is 6.79. The van der Waals surface area contributed by atoms with Crippen molar-refractivity contribution >= 4 is 5.91 Å². The van der Waals surface area contributed by atoms with Crippen LogP contribution in [0.1, 0.15) is 23.5 Å². The lowest BCUT2D eigenvalue weighted by Gasteiger charge is -2.17. The molecule has 1 aliphatic rings. The number of carbonyl (C=O) groups excluding carboxylic acids is 1. The summed E-state index contributed by atoms with van der Waals surface area (Å²) in [7, 11) is 0. The van der Waals surface area contributed by atoms with Crippen LogP contribution in [-0.4, -0.2) is 17.4 Å². The van der Waals surface area contributed by atoms with Gasteiger partial charge in [-0.05, 0) is 23.3 Å². The average molecular weight is 269 g/mol. The van der Waals surface area contributed by atoms with Gasteiger partial charge >= 0.3 is 0 Å². The number of amides is 1. The number of halogens is 1. The zero-order chi connectivity index (χ0) is 13.9. The lowest BCUT2D eigenvalue weighted by molar-refractivity contribution is -0.128. The van der Waals surface area contributed by atoms with Gasteiger partial charge in [-0.3, -0.25) is 4.79 Å². The fourth-order valence-corrected chi connectivity index (χ4v) is 2.68. The average Bonchev–Trinajstić information content (AvgIpc) is 2.84. The maximum Gasteiger partial charge on any atom is 0.223 e. The van der Waals surface area contributed by atoms with E-state index in [0.717, 1.165) is 12.1 Å². The van der Waals surface area contributed by atoms with Crippen molar-refractivity contribution in [3.63, 3.8) is 0 Å². The summed E-state index contributed by atoms with van der Waals surface area (Å²) in [5.41, 5.74) is 2.18. The summed E-state index contributed by atoms with van der Waals surface area (Å²) < 4.78 is 12.9. The molecule has 2 nitrogen and oxygen atoms in total. The van der Waals surface area contributed by atoms with E-state index in [9.17, 15) is 9.18 Å². The summed E-state index contributed by atoms with van der Waals surface area (Å²) in [4.78, 5) is 13.9. The van der Waals surface area contributed by atoms with Gasteiger partial charge in [0.25, 0.3) is 0 Å². The van der Waals surface area contributed by atoms with Crippen molar-refractivity contribution < 1.29 is 9.18 Å². The molecule has 2 aromatic carbocycles. The molecular formula is C17H16FNO. The highest BCUT2D eigenvalue weighted by atomic mass is 19.1. The van der Waals surface area contributed by atoms with Crippen LogP contribution in [0.2, 0.25) is 0 Å². The summed E-state index contributed by atoms with van der Waals surface area (Å²) in [6.45, 7) is 1.29. The quantitative estimate of drug-likeness (QED) is 0.837. The Labute approximate surface area is 117 Å². The molecule has 3 heteroatoms. The van der Waals surface area contributed by atoms with Crippen LogP contribution >= 0.6 is 0 Å². The molecule has 1 atom stereocenters. The fraction of sp³-hybridized carbons (Fsp3) is 0.235. The van der Waals surface area contributed by atoms with Crippen LogP contribution in [0.3, 0.4) is 0 Å². The molecule has 1 heterocycles. The molecule has 3 rings (SSSR count). The molecule has 1 amide bonds. The van der Waals surface area contributed by atoms with E-state index in [1.165, 1.54) is 17.7 Å². The van der Waals surface area contributed by atoms with E-state index in [4.69, 9.17) is 0 Å². The van der Waals surface area contributed by atoms with Crippen molar-refractivity contribution in [1.29, 1.82) is 0 Å². The van der Waals surface area contributed by atoms with E-state index in [1.54, 1.807) is 12.1 Å². The Morgan fingerprint density at radius 3 is 2.45 bits per heavy atom. The fourth-order valence-electron chi connectivity index (χ4n) is 2.68. The van der Waals surface area contributed by atoms with Crippen LogP contribution in [0, 0.1) is 5.82 Å². The number of carbonyl (C=O) groups is 1. The van der Waals surface area contributed by atoms with E-state index in [0.29, 0.717) is 13.0 Å². The highest BCUT2D eigenvalue weighted by molar-refractivity contribution is 5.79. The van der Waals surface area contributed by atoms with Crippen molar-refractivity contribution in [3.8, 4) is 0 Å². The highest BCUT2D eigenvalue weighted by Crippen LogP contribution is 2.28. The van der Waals surface area contributed by atoms with Crippen LogP contribution < -0.4 is 0 Å². The summed E-state index contributed by atoms with van der Waals surface area (Å²) in [5.74, 6) is 0.191. The van der Waals surface area contributed by atoms with Gasteiger partial charge in [0.15, 0.2) is 0 Å². The number of hydrogen-bond donors (Lipinski definition) is 0. The summed E-state index contributed by atoms with van der Waals surface area (Å²) in [6.07, 6.45) is 0.561. The molecule has 0 saturated carbocycles. The normalized spacial score (nSPS) is 18.6. The number of nitrogens with zero attached hydrogens (tertiary/aromatic N) is 1. The second kappa shape index (κ2) is 5.45. The molecule has 1 unspecified atom stereocenters. The van der Waals surface area contributed by atoms with Crippen LogP contribution in [0.4, 0.5) is 4.39 Å². The van der Waals surface area contributed by atoms with Crippen molar-refractivity contribution in [2.24, 2.45) is 0 Å². The number of hydrogen-bond acceptors (Lipinski definition) is 1. The van der Waals surface area contributed by atoms with Gasteiger partial charge < -0.3 is 4.90 Å². The molecule has 102 valence electrons. The zero-order valence-corrected chi connectivity index (χ0v) is 11.1. The van der Waals surface area contributed by atoms with Crippen molar-refractivity contribution in [2.75, 3.05) is 6.54 Å². The molecule has 0 bridgehead atoms. The Morgan fingerprint density at radius 1 is 1.05 bits per heavy atom. The second-order valence-electron chi connectivity index (χ2n) is 5.21. The summed E-state index contributed by atoms with van der Waals surface area (Å²) in [6, 6.07) is 16.5. The largest absolute Gasteiger partial charge is 0.338 e. The van der Waals surface area contributed by atoms with Crippen LogP contribution in [0.15, 0.2) is 54.6 Å². The third kappa shape index (κ3) is 2.72. The van der Waals surface area contributed by atoms with E-state index >= 15 is 0 Å². The highest BCUT2D eigenvalue weighted by Gasteiger charge is 2.30. The topological polar surface area (TPSA) is 20.3 Å². The Hall–Kier alpha value is -2.16. The van der Waals surface area contributed by atoms with Gasteiger partial charge in [0, 0.05) is 25.4 Å². The Bertz CT molecular complexity index is 594. The van der Waals surface area contributed by atoms with Crippen molar-refractivity contribution in [2.45, 2.75) is 18.9 Å². The van der Waals surface area contributed by atoms with Crippen molar-refractivity contribution in [3.05, 3.63) is 71.5 Å². The molecule has 0 aromatic heterocycles. The van der Waals surface area contributed by atoms with E-state index in [-0.39, 0.29) is 17.6 Å². The van der Waals surface area contributed by atoms with Gasteiger partial charge in [0.1, 0.15) is 5.82 Å². The molecule has 0 N–H and O–H groups in total. The molecule has 20 heavy (non-hydrogen) atoms. The zero-order valence-electron chi connectivity index (χ0n) is 11.1. The number of rotatable bonds is 3. The second-order valence-corrected chi connectivity index (χ2v) is 5.21. The third-order valence-electron chi connectivity index (χ3n) is 3.77. The number of likely N-dealkylation sites (tertiary alicyclic amines) is 1. The first-order chi connectivity index (χ1) is 9.72. The van der Waals surface area contributed by atoms with Crippen LogP contribution in [0.5, 0.6) is 0 Å². The molecular weight excluding hydrogens is 253 g/mol. The van der Waals surface area contributed by atoms with E-state index in [2.05, 4.69) is 12.1 Å². The van der Waals surface area contributed by atoms with E-state index < -0.39 is 0 Å². The van der Waals surface area contributed by atoms with Gasteiger partial charge in [-0.1, -0.05) is 42.5 Å². The van der Waals surface area contributed by atoms with Gasteiger partial charge in [-0.15, -0.1) is 0 Å². The number of benzene rings is 2. The Morgan fingerprint density at radius 2 is 1.75 bits per heavy atom. The smallest absolute Gasteiger partial charge is 0.223 e. The van der Waals surface area contributed by atoms with Gasteiger partial charge in [-0.25, -0.2) is 4.39 Å². The molecule has 2 aromatic rings. The van der Waals surface area contributed by atoms with Gasteiger partial charge in [0.2, 0.25) is 5.91 Å².